The number of aliphatic imine (C=N–C) groups is 1. The van der Waals surface area contributed by atoms with Crippen LogP contribution in [0.4, 0.5) is 5.69 Å². The lowest BCUT2D eigenvalue weighted by molar-refractivity contribution is 0.416. The van der Waals surface area contributed by atoms with Gasteiger partial charge in [0.15, 0.2) is 0 Å². The highest BCUT2D eigenvalue weighted by Gasteiger charge is 1.97. The van der Waals surface area contributed by atoms with Gasteiger partial charge >= 0.3 is 0 Å². The third-order valence-electron chi connectivity index (χ3n) is 1.38. The molecule has 0 saturated heterocycles. The zero-order valence-corrected chi connectivity index (χ0v) is 7.24. The summed E-state index contributed by atoms with van der Waals surface area (Å²) in [4.78, 5) is 4.10. The molecule has 0 unspecified atom stereocenters. The number of methoxy groups -OCH3 is 1. The van der Waals surface area contributed by atoms with Crippen LogP contribution in [0.5, 0.6) is 5.75 Å². The molecule has 0 radical (unpaired) electrons. The Morgan fingerprint density at radius 1 is 1.42 bits per heavy atom. The minimum Gasteiger partial charge on any atom is -0.494 e. The van der Waals surface area contributed by atoms with Gasteiger partial charge in [0.05, 0.1) is 12.9 Å². The first kappa shape index (κ1) is 8.59. The van der Waals surface area contributed by atoms with Gasteiger partial charge in [-0.15, -0.1) is 0 Å². The van der Waals surface area contributed by atoms with Crippen LogP contribution in [0.2, 0.25) is 0 Å². The van der Waals surface area contributed by atoms with Crippen molar-refractivity contribution in [3.8, 4) is 5.75 Å². The van der Waals surface area contributed by atoms with Gasteiger partial charge in [-0.25, -0.2) is 4.99 Å². The van der Waals surface area contributed by atoms with Crippen molar-refractivity contribution in [1.82, 2.24) is 0 Å². The average molecular weight is 164 g/mol. The molecule has 0 fully saturated rings. The van der Waals surface area contributed by atoms with Crippen molar-refractivity contribution >= 4 is 11.5 Å². The molecule has 0 spiro atoms. The van der Waals surface area contributed by atoms with Crippen LogP contribution in [0.15, 0.2) is 29.3 Å². The predicted octanol–water partition coefficient (Wildman–Crippen LogP) is 1.70. The molecule has 0 bridgehead atoms. The zero-order chi connectivity index (χ0) is 8.97. The van der Waals surface area contributed by atoms with E-state index in [2.05, 4.69) is 4.99 Å². The van der Waals surface area contributed by atoms with Crippen molar-refractivity contribution in [3.05, 3.63) is 24.3 Å². The molecule has 0 atom stereocenters. The van der Waals surface area contributed by atoms with Crippen molar-refractivity contribution in [1.29, 1.82) is 0 Å². The van der Waals surface area contributed by atoms with Crippen LogP contribution in [0.1, 0.15) is 6.92 Å². The van der Waals surface area contributed by atoms with E-state index in [0.717, 1.165) is 11.4 Å². The molecule has 12 heavy (non-hydrogen) atoms. The highest BCUT2D eigenvalue weighted by Crippen LogP contribution is 2.25. The fourth-order valence-electron chi connectivity index (χ4n) is 0.912. The topological polar surface area (TPSA) is 47.6 Å². The Labute approximate surface area is 71.9 Å². The van der Waals surface area contributed by atoms with Gasteiger partial charge in [0, 0.05) is 0 Å². The van der Waals surface area contributed by atoms with Crippen LogP contribution in [-0.2, 0) is 0 Å². The van der Waals surface area contributed by atoms with E-state index in [1.165, 1.54) is 0 Å². The summed E-state index contributed by atoms with van der Waals surface area (Å²) in [6.45, 7) is 1.74. The summed E-state index contributed by atoms with van der Waals surface area (Å²) in [5, 5.41) is 0. The molecular weight excluding hydrogens is 152 g/mol. The van der Waals surface area contributed by atoms with E-state index >= 15 is 0 Å². The van der Waals surface area contributed by atoms with Crippen molar-refractivity contribution in [3.63, 3.8) is 0 Å². The minimum absolute atomic E-state index is 0.527. The molecular formula is C9H12N2O. The Morgan fingerprint density at radius 2 is 2.08 bits per heavy atom. The molecule has 2 N–H and O–H groups in total. The van der Waals surface area contributed by atoms with E-state index in [1.54, 1.807) is 14.0 Å². The van der Waals surface area contributed by atoms with E-state index in [4.69, 9.17) is 10.5 Å². The van der Waals surface area contributed by atoms with Gasteiger partial charge in [-0.3, -0.25) is 0 Å². The number of nitrogens with zero attached hydrogens (tertiary/aromatic N) is 1. The fraction of sp³-hybridized carbons (Fsp3) is 0.222. The van der Waals surface area contributed by atoms with Crippen LogP contribution < -0.4 is 10.5 Å². The third-order valence-corrected chi connectivity index (χ3v) is 1.38. The van der Waals surface area contributed by atoms with Gasteiger partial charge in [-0.1, -0.05) is 12.1 Å². The lowest BCUT2D eigenvalue weighted by Crippen LogP contribution is -2.03. The predicted molar refractivity (Wildman–Crippen MR) is 50.0 cm³/mol. The highest BCUT2D eigenvalue weighted by atomic mass is 16.5. The Balaban J connectivity index is 3.05. The van der Waals surface area contributed by atoms with E-state index in [0.29, 0.717) is 5.84 Å². The summed E-state index contributed by atoms with van der Waals surface area (Å²) >= 11 is 0. The van der Waals surface area contributed by atoms with E-state index < -0.39 is 0 Å². The maximum atomic E-state index is 5.44. The maximum Gasteiger partial charge on any atom is 0.144 e. The maximum absolute atomic E-state index is 5.44. The molecule has 0 aliphatic rings. The summed E-state index contributed by atoms with van der Waals surface area (Å²) in [5.41, 5.74) is 6.21. The number of hydrogen-bond donors (Lipinski definition) is 1. The molecule has 1 aromatic rings. The van der Waals surface area contributed by atoms with Gasteiger partial charge in [-0.05, 0) is 19.1 Å². The van der Waals surface area contributed by atoms with Gasteiger partial charge in [0.2, 0.25) is 0 Å². The number of benzene rings is 1. The van der Waals surface area contributed by atoms with Gasteiger partial charge in [0.1, 0.15) is 11.4 Å². The highest BCUT2D eigenvalue weighted by molar-refractivity contribution is 5.81. The SMILES string of the molecule is COc1ccccc1N=C(C)N. The molecule has 0 aliphatic carbocycles. The standard InChI is InChI=1S/C9H12N2O/c1-7(10)11-8-5-3-4-6-9(8)12-2/h3-6H,1-2H3,(H2,10,11). The van der Waals surface area contributed by atoms with Crippen LogP contribution in [0, 0.1) is 0 Å². The van der Waals surface area contributed by atoms with Crippen molar-refractivity contribution in [2.45, 2.75) is 6.92 Å². The molecule has 0 amide bonds. The summed E-state index contributed by atoms with van der Waals surface area (Å²) in [5.74, 6) is 1.27. The second-order valence-corrected chi connectivity index (χ2v) is 2.43. The summed E-state index contributed by atoms with van der Waals surface area (Å²) in [6, 6.07) is 7.49. The van der Waals surface area contributed by atoms with Gasteiger partial charge in [-0.2, -0.15) is 0 Å². The molecule has 0 saturated carbocycles. The fourth-order valence-corrected chi connectivity index (χ4v) is 0.912. The Kier molecular flexibility index (Phi) is 2.69. The molecule has 0 aromatic heterocycles. The second-order valence-electron chi connectivity index (χ2n) is 2.43. The second kappa shape index (κ2) is 3.76. The molecule has 3 nitrogen and oxygen atoms in total. The first-order chi connectivity index (χ1) is 5.74. The quantitative estimate of drug-likeness (QED) is 0.534. The Bertz CT molecular complexity index is 290. The summed E-state index contributed by atoms with van der Waals surface area (Å²) in [7, 11) is 1.61. The van der Waals surface area contributed by atoms with E-state index in [1.807, 2.05) is 24.3 Å². The largest absolute Gasteiger partial charge is 0.494 e. The number of para-hydroxylation sites is 2. The number of hydrogen-bond acceptors (Lipinski definition) is 2. The first-order valence-corrected chi connectivity index (χ1v) is 3.68. The minimum atomic E-state index is 0.527. The van der Waals surface area contributed by atoms with E-state index in [-0.39, 0.29) is 0 Å². The zero-order valence-electron chi connectivity index (χ0n) is 7.24. The molecule has 64 valence electrons. The van der Waals surface area contributed by atoms with Crippen molar-refractivity contribution < 1.29 is 4.74 Å². The van der Waals surface area contributed by atoms with Gasteiger partial charge < -0.3 is 10.5 Å². The van der Waals surface area contributed by atoms with Crippen LogP contribution in [0.25, 0.3) is 0 Å². The number of amidine groups is 1. The molecule has 0 aliphatic heterocycles. The monoisotopic (exact) mass is 164 g/mol. The van der Waals surface area contributed by atoms with Gasteiger partial charge in [0.25, 0.3) is 0 Å². The average Bonchev–Trinajstić information content (AvgIpc) is 2.04. The molecule has 1 aromatic carbocycles. The van der Waals surface area contributed by atoms with E-state index in [9.17, 15) is 0 Å². The molecule has 0 heterocycles. The van der Waals surface area contributed by atoms with Crippen LogP contribution in [-0.4, -0.2) is 12.9 Å². The smallest absolute Gasteiger partial charge is 0.144 e. The Morgan fingerprint density at radius 3 is 2.67 bits per heavy atom. The number of ether oxygens (including phenoxy) is 1. The summed E-state index contributed by atoms with van der Waals surface area (Å²) < 4.78 is 5.08. The molecule has 1 rings (SSSR count). The lowest BCUT2D eigenvalue weighted by atomic mass is 10.3. The Hall–Kier alpha value is -1.51. The van der Waals surface area contributed by atoms with Crippen LogP contribution in [0.3, 0.4) is 0 Å². The number of nitrogens with two attached hydrogens (primary N) is 1. The van der Waals surface area contributed by atoms with Crippen molar-refractivity contribution in [2.75, 3.05) is 7.11 Å². The summed E-state index contributed by atoms with van der Waals surface area (Å²) in [6.07, 6.45) is 0. The first-order valence-electron chi connectivity index (χ1n) is 3.68. The third kappa shape index (κ3) is 1.99. The normalized spacial score (nSPS) is 11.3. The molecule has 3 heteroatoms. The van der Waals surface area contributed by atoms with Crippen LogP contribution >= 0.6 is 0 Å². The lowest BCUT2D eigenvalue weighted by Gasteiger charge is -2.02. The van der Waals surface area contributed by atoms with Crippen molar-refractivity contribution in [2.24, 2.45) is 10.7 Å². The number of rotatable bonds is 2.